The van der Waals surface area contributed by atoms with Gasteiger partial charge < -0.3 is 10.1 Å². The first-order chi connectivity index (χ1) is 8.14. The lowest BCUT2D eigenvalue weighted by Gasteiger charge is -2.11. The molecular weight excluding hydrogens is 240 g/mol. The molecule has 0 aromatic heterocycles. The highest BCUT2D eigenvalue weighted by molar-refractivity contribution is 7.89. The fraction of sp³-hybridized carbons (Fsp3) is 1.00. The maximum absolute atomic E-state index is 11.7. The Kier molecular flexibility index (Phi) is 7.03. The van der Waals surface area contributed by atoms with Crippen LogP contribution in [-0.2, 0) is 14.8 Å². The Morgan fingerprint density at radius 3 is 2.53 bits per heavy atom. The predicted octanol–water partition coefficient (Wildman–Crippen LogP) is 0.332. The second-order valence-electron chi connectivity index (χ2n) is 4.57. The van der Waals surface area contributed by atoms with Crippen LogP contribution in [0.25, 0.3) is 0 Å². The summed E-state index contributed by atoms with van der Waals surface area (Å²) in [4.78, 5) is 0. The van der Waals surface area contributed by atoms with Gasteiger partial charge in [0.1, 0.15) is 0 Å². The van der Waals surface area contributed by atoms with Crippen molar-refractivity contribution in [2.75, 3.05) is 39.1 Å². The number of nitrogens with one attached hydrogen (secondary N) is 2. The van der Waals surface area contributed by atoms with Crippen LogP contribution in [0.5, 0.6) is 0 Å². The van der Waals surface area contributed by atoms with Crippen LogP contribution in [0.15, 0.2) is 0 Å². The number of sulfonamides is 1. The van der Waals surface area contributed by atoms with Crippen molar-refractivity contribution in [2.45, 2.75) is 25.7 Å². The third-order valence-corrected chi connectivity index (χ3v) is 4.59. The minimum atomic E-state index is -3.08. The van der Waals surface area contributed by atoms with E-state index in [1.807, 2.05) is 0 Å². The average Bonchev–Trinajstić information content (AvgIpc) is 2.75. The van der Waals surface area contributed by atoms with Crippen LogP contribution in [-0.4, -0.2) is 47.5 Å². The molecule has 0 radical (unpaired) electrons. The molecule has 1 saturated carbocycles. The molecule has 0 aliphatic heterocycles. The zero-order valence-electron chi connectivity index (χ0n) is 10.6. The van der Waals surface area contributed by atoms with E-state index in [1.165, 1.54) is 12.8 Å². The number of methoxy groups -OCH3 is 1. The molecule has 0 spiro atoms. The largest absolute Gasteiger partial charge is 0.383 e. The molecule has 102 valence electrons. The monoisotopic (exact) mass is 264 g/mol. The topological polar surface area (TPSA) is 67.4 Å². The third-order valence-electron chi connectivity index (χ3n) is 3.04. The van der Waals surface area contributed by atoms with E-state index < -0.39 is 10.0 Å². The molecule has 0 aromatic carbocycles. The molecule has 1 fully saturated rings. The first kappa shape index (κ1) is 14.9. The van der Waals surface area contributed by atoms with Crippen molar-refractivity contribution < 1.29 is 13.2 Å². The molecule has 0 unspecified atom stereocenters. The van der Waals surface area contributed by atoms with Crippen LogP contribution in [0.2, 0.25) is 0 Å². The summed E-state index contributed by atoms with van der Waals surface area (Å²) in [5.74, 6) is 0.666. The first-order valence-electron chi connectivity index (χ1n) is 6.31. The Morgan fingerprint density at radius 2 is 1.88 bits per heavy atom. The molecule has 1 aliphatic rings. The van der Waals surface area contributed by atoms with Crippen molar-refractivity contribution in [3.63, 3.8) is 0 Å². The molecule has 5 nitrogen and oxygen atoms in total. The van der Waals surface area contributed by atoms with Gasteiger partial charge in [0.2, 0.25) is 10.0 Å². The van der Waals surface area contributed by atoms with Crippen LogP contribution >= 0.6 is 0 Å². The normalized spacial score (nSPS) is 17.7. The lowest BCUT2D eigenvalue weighted by atomic mass is 10.1. The Bertz CT molecular complexity index is 287. The molecular formula is C11H24N2O3S. The Labute approximate surface area is 104 Å². The molecule has 0 aromatic rings. The number of hydrogen-bond acceptors (Lipinski definition) is 4. The summed E-state index contributed by atoms with van der Waals surface area (Å²) in [6.07, 6.45) is 4.48. The van der Waals surface area contributed by atoms with Gasteiger partial charge in [-0.1, -0.05) is 12.8 Å². The van der Waals surface area contributed by atoms with Crippen molar-refractivity contribution in [3.8, 4) is 0 Å². The molecule has 6 heteroatoms. The van der Waals surface area contributed by atoms with E-state index >= 15 is 0 Å². The van der Waals surface area contributed by atoms with Gasteiger partial charge in [-0.05, 0) is 18.8 Å². The maximum atomic E-state index is 11.7. The van der Waals surface area contributed by atoms with Gasteiger partial charge in [0, 0.05) is 26.7 Å². The molecule has 17 heavy (non-hydrogen) atoms. The SMILES string of the molecule is COCCNCCNS(=O)(=O)CC1CCCC1. The lowest BCUT2D eigenvalue weighted by molar-refractivity contribution is 0.199. The Balaban J connectivity index is 2.07. The smallest absolute Gasteiger partial charge is 0.211 e. The lowest BCUT2D eigenvalue weighted by Crippen LogP contribution is -2.35. The predicted molar refractivity (Wildman–Crippen MR) is 68.5 cm³/mol. The molecule has 0 heterocycles. The van der Waals surface area contributed by atoms with E-state index in [2.05, 4.69) is 10.0 Å². The molecule has 2 N–H and O–H groups in total. The van der Waals surface area contributed by atoms with Gasteiger partial charge in [0.25, 0.3) is 0 Å². The van der Waals surface area contributed by atoms with Gasteiger partial charge in [-0.2, -0.15) is 0 Å². The summed E-state index contributed by atoms with van der Waals surface area (Å²) >= 11 is 0. The first-order valence-corrected chi connectivity index (χ1v) is 7.96. The average molecular weight is 264 g/mol. The van der Waals surface area contributed by atoms with E-state index in [-0.39, 0.29) is 0 Å². The van der Waals surface area contributed by atoms with Crippen molar-refractivity contribution in [1.82, 2.24) is 10.0 Å². The molecule has 1 aliphatic carbocycles. The van der Waals surface area contributed by atoms with Crippen molar-refractivity contribution in [1.29, 1.82) is 0 Å². The fourth-order valence-corrected chi connectivity index (χ4v) is 3.63. The summed E-state index contributed by atoms with van der Waals surface area (Å²) < 4.78 is 30.9. The van der Waals surface area contributed by atoms with E-state index in [0.29, 0.717) is 31.4 Å². The summed E-state index contributed by atoms with van der Waals surface area (Å²) in [6, 6.07) is 0. The summed E-state index contributed by atoms with van der Waals surface area (Å²) in [7, 11) is -1.43. The minimum Gasteiger partial charge on any atom is -0.383 e. The van der Waals surface area contributed by atoms with Crippen molar-refractivity contribution in [2.24, 2.45) is 5.92 Å². The Morgan fingerprint density at radius 1 is 1.18 bits per heavy atom. The van der Waals surface area contributed by atoms with E-state index in [1.54, 1.807) is 7.11 Å². The molecule has 0 atom stereocenters. The summed E-state index contributed by atoms with van der Waals surface area (Å²) in [6.45, 7) is 2.50. The van der Waals surface area contributed by atoms with Gasteiger partial charge in [-0.15, -0.1) is 0 Å². The molecule has 0 saturated heterocycles. The zero-order valence-corrected chi connectivity index (χ0v) is 11.4. The van der Waals surface area contributed by atoms with Crippen LogP contribution in [0.3, 0.4) is 0 Å². The van der Waals surface area contributed by atoms with Crippen LogP contribution < -0.4 is 10.0 Å². The van der Waals surface area contributed by atoms with Gasteiger partial charge in [-0.25, -0.2) is 13.1 Å². The summed E-state index contributed by atoms with van der Waals surface area (Å²) in [5.41, 5.74) is 0. The van der Waals surface area contributed by atoms with Gasteiger partial charge >= 0.3 is 0 Å². The van der Waals surface area contributed by atoms with E-state index in [9.17, 15) is 8.42 Å². The highest BCUT2D eigenvalue weighted by Crippen LogP contribution is 2.25. The molecule has 0 amide bonds. The summed E-state index contributed by atoms with van der Waals surface area (Å²) in [5, 5.41) is 3.10. The standard InChI is InChI=1S/C11H24N2O3S/c1-16-9-8-12-6-7-13-17(14,15)10-11-4-2-3-5-11/h11-13H,2-10H2,1H3. The molecule has 0 bridgehead atoms. The third kappa shape index (κ3) is 6.98. The van der Waals surface area contributed by atoms with Crippen LogP contribution in [0.1, 0.15) is 25.7 Å². The van der Waals surface area contributed by atoms with Gasteiger partial charge in [0.15, 0.2) is 0 Å². The number of ether oxygens (including phenoxy) is 1. The quantitative estimate of drug-likeness (QED) is 0.589. The van der Waals surface area contributed by atoms with E-state index in [4.69, 9.17) is 4.74 Å². The maximum Gasteiger partial charge on any atom is 0.211 e. The van der Waals surface area contributed by atoms with Crippen molar-refractivity contribution >= 4 is 10.0 Å². The number of hydrogen-bond donors (Lipinski definition) is 2. The van der Waals surface area contributed by atoms with Crippen LogP contribution in [0, 0.1) is 5.92 Å². The van der Waals surface area contributed by atoms with Gasteiger partial charge in [0.05, 0.1) is 12.4 Å². The second kappa shape index (κ2) is 8.02. The Hall–Kier alpha value is -0.170. The fourth-order valence-electron chi connectivity index (χ4n) is 2.14. The number of rotatable bonds is 9. The highest BCUT2D eigenvalue weighted by atomic mass is 32.2. The van der Waals surface area contributed by atoms with Crippen LogP contribution in [0.4, 0.5) is 0 Å². The van der Waals surface area contributed by atoms with E-state index in [0.717, 1.165) is 19.4 Å². The second-order valence-corrected chi connectivity index (χ2v) is 6.42. The molecule has 1 rings (SSSR count). The highest BCUT2D eigenvalue weighted by Gasteiger charge is 2.21. The zero-order chi connectivity index (χ0) is 12.6. The minimum absolute atomic E-state index is 0.297. The van der Waals surface area contributed by atoms with Gasteiger partial charge in [-0.3, -0.25) is 0 Å². The van der Waals surface area contributed by atoms with Crippen molar-refractivity contribution in [3.05, 3.63) is 0 Å².